The standard InChI is InChI=1S/C12H16N2OS/c1-7-10(13)5-11(16-7)12(15)14-6-8-2-3-9(14)4-8/h5,8-9H,2-4,6,13H2,1H3. The Morgan fingerprint density at radius 3 is 2.88 bits per heavy atom. The van der Waals surface area contributed by atoms with E-state index >= 15 is 0 Å². The summed E-state index contributed by atoms with van der Waals surface area (Å²) in [4.78, 5) is 16.2. The van der Waals surface area contributed by atoms with Crippen LogP contribution in [0.3, 0.4) is 0 Å². The van der Waals surface area contributed by atoms with Crippen molar-refractivity contribution >= 4 is 22.9 Å². The van der Waals surface area contributed by atoms with Crippen LogP contribution in [0.2, 0.25) is 0 Å². The highest BCUT2D eigenvalue weighted by atomic mass is 32.1. The number of hydrogen-bond acceptors (Lipinski definition) is 3. The lowest BCUT2D eigenvalue weighted by Gasteiger charge is -2.26. The van der Waals surface area contributed by atoms with E-state index in [0.29, 0.717) is 6.04 Å². The number of nitrogens with zero attached hydrogens (tertiary/aromatic N) is 1. The van der Waals surface area contributed by atoms with Crippen molar-refractivity contribution in [3.63, 3.8) is 0 Å². The number of anilines is 1. The van der Waals surface area contributed by atoms with E-state index < -0.39 is 0 Å². The van der Waals surface area contributed by atoms with Gasteiger partial charge in [0.25, 0.3) is 5.91 Å². The Morgan fingerprint density at radius 2 is 2.38 bits per heavy atom. The number of nitrogen functional groups attached to an aromatic ring is 1. The van der Waals surface area contributed by atoms with Gasteiger partial charge in [0.2, 0.25) is 0 Å². The molecule has 2 bridgehead atoms. The van der Waals surface area contributed by atoms with Crippen molar-refractivity contribution in [2.75, 3.05) is 12.3 Å². The smallest absolute Gasteiger partial charge is 0.264 e. The van der Waals surface area contributed by atoms with Crippen molar-refractivity contribution < 1.29 is 4.79 Å². The summed E-state index contributed by atoms with van der Waals surface area (Å²) in [6, 6.07) is 2.33. The van der Waals surface area contributed by atoms with Gasteiger partial charge in [0.1, 0.15) is 0 Å². The van der Waals surface area contributed by atoms with E-state index in [-0.39, 0.29) is 5.91 Å². The highest BCUT2D eigenvalue weighted by Crippen LogP contribution is 2.39. The molecule has 3 nitrogen and oxygen atoms in total. The average Bonchev–Trinajstić information content (AvgIpc) is 2.94. The molecule has 2 atom stereocenters. The van der Waals surface area contributed by atoms with Gasteiger partial charge in [-0.1, -0.05) is 0 Å². The van der Waals surface area contributed by atoms with Crippen molar-refractivity contribution in [1.82, 2.24) is 4.90 Å². The highest BCUT2D eigenvalue weighted by Gasteiger charge is 2.40. The van der Waals surface area contributed by atoms with Gasteiger partial charge < -0.3 is 10.6 Å². The zero-order valence-corrected chi connectivity index (χ0v) is 10.2. The molecule has 1 saturated heterocycles. The van der Waals surface area contributed by atoms with E-state index in [9.17, 15) is 4.79 Å². The SMILES string of the molecule is Cc1sc(C(=O)N2CC3CCC2C3)cc1N. The first-order chi connectivity index (χ1) is 7.65. The van der Waals surface area contributed by atoms with Gasteiger partial charge in [0, 0.05) is 23.2 Å². The Morgan fingerprint density at radius 1 is 1.56 bits per heavy atom. The first kappa shape index (κ1) is 10.1. The minimum atomic E-state index is 0.192. The molecule has 0 radical (unpaired) electrons. The lowest BCUT2D eigenvalue weighted by atomic mass is 10.1. The molecular formula is C12H16N2OS. The van der Waals surface area contributed by atoms with Crippen LogP contribution in [0.4, 0.5) is 5.69 Å². The molecule has 2 aliphatic rings. The van der Waals surface area contributed by atoms with Gasteiger partial charge in [-0.05, 0) is 38.2 Å². The third-order valence-corrected chi connectivity index (χ3v) is 4.89. The maximum atomic E-state index is 12.3. The van der Waals surface area contributed by atoms with Crippen molar-refractivity contribution in [3.8, 4) is 0 Å². The van der Waals surface area contributed by atoms with Crippen molar-refractivity contribution in [1.29, 1.82) is 0 Å². The van der Waals surface area contributed by atoms with Crippen molar-refractivity contribution in [2.24, 2.45) is 5.92 Å². The second-order valence-corrected chi connectivity index (χ2v) is 6.17. The Bertz CT molecular complexity index is 421. The van der Waals surface area contributed by atoms with Gasteiger partial charge in [-0.3, -0.25) is 4.79 Å². The van der Waals surface area contributed by atoms with E-state index in [1.54, 1.807) is 0 Å². The molecule has 1 aromatic heterocycles. The maximum absolute atomic E-state index is 12.3. The summed E-state index contributed by atoms with van der Waals surface area (Å²) in [6.07, 6.45) is 3.71. The molecule has 2 fully saturated rings. The number of thiophene rings is 1. The monoisotopic (exact) mass is 236 g/mol. The molecule has 1 saturated carbocycles. The Balaban J connectivity index is 1.83. The van der Waals surface area contributed by atoms with Gasteiger partial charge >= 0.3 is 0 Å². The van der Waals surface area contributed by atoms with E-state index in [1.807, 2.05) is 13.0 Å². The first-order valence-corrected chi connectivity index (χ1v) is 6.63. The number of amides is 1. The number of piperidine rings is 1. The quantitative estimate of drug-likeness (QED) is 0.813. The third-order valence-electron chi connectivity index (χ3n) is 3.84. The fourth-order valence-corrected chi connectivity index (χ4v) is 3.81. The molecule has 4 heteroatoms. The molecule has 1 aromatic rings. The number of nitrogens with two attached hydrogens (primary N) is 1. The predicted octanol–water partition coefficient (Wildman–Crippen LogP) is 2.26. The molecule has 0 spiro atoms. The summed E-state index contributed by atoms with van der Waals surface area (Å²) in [5, 5.41) is 0. The van der Waals surface area contributed by atoms with Crippen LogP contribution < -0.4 is 5.73 Å². The van der Waals surface area contributed by atoms with Gasteiger partial charge in [0.05, 0.1) is 4.88 Å². The predicted molar refractivity (Wildman–Crippen MR) is 65.6 cm³/mol. The Kier molecular flexibility index (Phi) is 2.21. The summed E-state index contributed by atoms with van der Waals surface area (Å²) in [5.41, 5.74) is 6.54. The van der Waals surface area contributed by atoms with Crippen molar-refractivity contribution in [2.45, 2.75) is 32.2 Å². The number of carbonyl (C=O) groups excluding carboxylic acids is 1. The van der Waals surface area contributed by atoms with Crippen LogP contribution in [-0.2, 0) is 0 Å². The van der Waals surface area contributed by atoms with Crippen LogP contribution in [0.15, 0.2) is 6.07 Å². The number of hydrogen-bond donors (Lipinski definition) is 1. The van der Waals surface area contributed by atoms with E-state index in [2.05, 4.69) is 4.90 Å². The summed E-state index contributed by atoms with van der Waals surface area (Å²) in [6.45, 7) is 2.92. The fourth-order valence-electron chi connectivity index (χ4n) is 2.92. The first-order valence-electron chi connectivity index (χ1n) is 5.82. The minimum absolute atomic E-state index is 0.192. The Labute approximate surface area is 99.2 Å². The molecule has 86 valence electrons. The maximum Gasteiger partial charge on any atom is 0.264 e. The van der Waals surface area contributed by atoms with Gasteiger partial charge in [-0.15, -0.1) is 11.3 Å². The van der Waals surface area contributed by atoms with Crippen LogP contribution in [-0.4, -0.2) is 23.4 Å². The molecule has 1 aliphatic carbocycles. The normalized spacial score (nSPS) is 27.7. The molecule has 1 amide bonds. The van der Waals surface area contributed by atoms with Gasteiger partial charge in [0.15, 0.2) is 0 Å². The molecule has 2 N–H and O–H groups in total. The summed E-state index contributed by atoms with van der Waals surface area (Å²) >= 11 is 1.52. The summed E-state index contributed by atoms with van der Waals surface area (Å²) < 4.78 is 0. The highest BCUT2D eigenvalue weighted by molar-refractivity contribution is 7.14. The summed E-state index contributed by atoms with van der Waals surface area (Å²) in [5.74, 6) is 0.948. The number of carbonyl (C=O) groups is 1. The number of rotatable bonds is 1. The van der Waals surface area contributed by atoms with Gasteiger partial charge in [-0.25, -0.2) is 0 Å². The number of likely N-dealkylation sites (tertiary alicyclic amines) is 1. The average molecular weight is 236 g/mol. The molecule has 16 heavy (non-hydrogen) atoms. The van der Waals surface area contributed by atoms with Crippen LogP contribution >= 0.6 is 11.3 Å². The molecule has 1 aliphatic heterocycles. The second-order valence-electron chi connectivity index (χ2n) is 4.91. The minimum Gasteiger partial charge on any atom is -0.398 e. The lowest BCUT2D eigenvalue weighted by molar-refractivity contribution is 0.0708. The lowest BCUT2D eigenvalue weighted by Crippen LogP contribution is -2.37. The number of fused-ring (bicyclic) bond motifs is 2. The summed E-state index contributed by atoms with van der Waals surface area (Å²) in [7, 11) is 0. The fraction of sp³-hybridized carbons (Fsp3) is 0.583. The van der Waals surface area contributed by atoms with Crippen LogP contribution in [0.25, 0.3) is 0 Å². The third kappa shape index (κ3) is 1.44. The van der Waals surface area contributed by atoms with E-state index in [0.717, 1.165) is 27.9 Å². The topological polar surface area (TPSA) is 46.3 Å². The molecule has 2 unspecified atom stereocenters. The van der Waals surface area contributed by atoms with E-state index in [4.69, 9.17) is 5.73 Å². The van der Waals surface area contributed by atoms with Crippen LogP contribution in [0.1, 0.15) is 33.8 Å². The molecule has 2 heterocycles. The number of aryl methyl sites for hydroxylation is 1. The van der Waals surface area contributed by atoms with Crippen molar-refractivity contribution in [3.05, 3.63) is 15.8 Å². The zero-order valence-electron chi connectivity index (χ0n) is 9.40. The largest absolute Gasteiger partial charge is 0.398 e. The van der Waals surface area contributed by atoms with E-state index in [1.165, 1.54) is 30.6 Å². The van der Waals surface area contributed by atoms with Crippen LogP contribution in [0, 0.1) is 12.8 Å². The zero-order chi connectivity index (χ0) is 11.3. The molecule has 3 rings (SSSR count). The van der Waals surface area contributed by atoms with Gasteiger partial charge in [-0.2, -0.15) is 0 Å². The molecular weight excluding hydrogens is 220 g/mol. The van der Waals surface area contributed by atoms with Crippen LogP contribution in [0.5, 0.6) is 0 Å². The molecule has 0 aromatic carbocycles. The Hall–Kier alpha value is -1.03. The second kappa shape index (κ2) is 3.48.